The predicted octanol–water partition coefficient (Wildman–Crippen LogP) is 9.54. The molecule has 4 heteroatoms. The Morgan fingerprint density at radius 2 is 1.47 bits per heavy atom. The fourth-order valence-electron chi connectivity index (χ4n) is 8.03. The molecule has 6 aromatic rings. The zero-order valence-corrected chi connectivity index (χ0v) is 27.9. The maximum atomic E-state index is 6.88. The van der Waals surface area contributed by atoms with Crippen LogP contribution in [-0.4, -0.2) is 6.71 Å². The third-order valence-electron chi connectivity index (χ3n) is 10.4. The van der Waals surface area contributed by atoms with Crippen molar-refractivity contribution in [3.05, 3.63) is 107 Å². The number of nitrogens with zero attached hydrogens (tertiary/aromatic N) is 1. The van der Waals surface area contributed by atoms with Crippen molar-refractivity contribution in [2.45, 2.75) is 71.6 Å². The molecule has 2 nitrogen and oxygen atoms in total. The summed E-state index contributed by atoms with van der Waals surface area (Å²) in [6.07, 6.45) is 3.66. The first-order chi connectivity index (χ1) is 21.6. The Labute approximate surface area is 270 Å². The number of anilines is 3. The average molecular weight is 604 g/mol. The summed E-state index contributed by atoms with van der Waals surface area (Å²) in [7, 11) is 0. The van der Waals surface area contributed by atoms with E-state index >= 15 is 0 Å². The van der Waals surface area contributed by atoms with Crippen molar-refractivity contribution >= 4 is 71.7 Å². The highest BCUT2D eigenvalue weighted by molar-refractivity contribution is 7.26. The van der Waals surface area contributed by atoms with Gasteiger partial charge in [0.15, 0.2) is 0 Å². The van der Waals surface area contributed by atoms with Crippen LogP contribution in [-0.2, 0) is 23.7 Å². The van der Waals surface area contributed by atoms with Crippen LogP contribution in [0.5, 0.6) is 11.5 Å². The molecule has 0 spiro atoms. The van der Waals surface area contributed by atoms with Crippen LogP contribution in [0.4, 0.5) is 17.1 Å². The zero-order valence-electron chi connectivity index (χ0n) is 27.0. The van der Waals surface area contributed by atoms with Gasteiger partial charge in [0, 0.05) is 31.8 Å². The summed E-state index contributed by atoms with van der Waals surface area (Å²) >= 11 is 1.98. The molecule has 0 saturated heterocycles. The number of fused-ring (bicyclic) bond motifs is 10. The molecule has 1 aliphatic carbocycles. The van der Waals surface area contributed by atoms with Gasteiger partial charge in [-0.2, -0.15) is 0 Å². The van der Waals surface area contributed by atoms with E-state index in [9.17, 15) is 0 Å². The molecular weight excluding hydrogens is 565 g/mol. The van der Waals surface area contributed by atoms with Crippen molar-refractivity contribution in [2.24, 2.45) is 0 Å². The maximum absolute atomic E-state index is 6.88. The zero-order chi connectivity index (χ0) is 30.8. The van der Waals surface area contributed by atoms with Crippen LogP contribution in [0.25, 0.3) is 20.2 Å². The first kappa shape index (κ1) is 27.3. The Morgan fingerprint density at radius 1 is 0.711 bits per heavy atom. The lowest BCUT2D eigenvalue weighted by Crippen LogP contribution is -2.59. The van der Waals surface area contributed by atoms with Crippen LogP contribution in [0.1, 0.15) is 70.2 Å². The fourth-order valence-corrected chi connectivity index (χ4v) is 9.34. The first-order valence-electron chi connectivity index (χ1n) is 16.4. The Morgan fingerprint density at radius 3 is 2.24 bits per heavy atom. The molecule has 0 unspecified atom stereocenters. The molecular formula is C41H38BNOS. The van der Waals surface area contributed by atoms with Gasteiger partial charge in [0.25, 0.3) is 6.71 Å². The van der Waals surface area contributed by atoms with Gasteiger partial charge in [-0.15, -0.1) is 11.3 Å². The summed E-state index contributed by atoms with van der Waals surface area (Å²) in [5.74, 6) is 1.96. The van der Waals surface area contributed by atoms with Crippen LogP contribution in [0.3, 0.4) is 0 Å². The second-order valence-corrected chi connectivity index (χ2v) is 16.3. The van der Waals surface area contributed by atoms with E-state index in [0.717, 1.165) is 11.5 Å². The van der Waals surface area contributed by atoms with E-state index in [2.05, 4.69) is 131 Å². The smallest absolute Gasteiger partial charge is 0.257 e. The summed E-state index contributed by atoms with van der Waals surface area (Å²) < 4.78 is 9.72. The summed E-state index contributed by atoms with van der Waals surface area (Å²) in [4.78, 5) is 2.47. The van der Waals surface area contributed by atoms with Crippen molar-refractivity contribution in [1.29, 1.82) is 0 Å². The highest BCUT2D eigenvalue weighted by atomic mass is 32.1. The van der Waals surface area contributed by atoms with E-state index < -0.39 is 0 Å². The molecule has 0 N–H and O–H groups in total. The average Bonchev–Trinajstić information content (AvgIpc) is 3.65. The van der Waals surface area contributed by atoms with Gasteiger partial charge in [-0.1, -0.05) is 84.0 Å². The topological polar surface area (TPSA) is 12.5 Å². The monoisotopic (exact) mass is 603 g/mol. The second-order valence-electron chi connectivity index (χ2n) is 15.3. The minimum atomic E-state index is 0.0314. The summed E-state index contributed by atoms with van der Waals surface area (Å²) in [6.45, 7) is 13.9. The van der Waals surface area contributed by atoms with Crippen LogP contribution in [0.15, 0.2) is 84.9 Å². The van der Waals surface area contributed by atoms with Gasteiger partial charge in [-0.25, -0.2) is 0 Å². The summed E-state index contributed by atoms with van der Waals surface area (Å²) in [6, 6.07) is 32.3. The molecule has 222 valence electrons. The first-order valence-corrected chi connectivity index (χ1v) is 17.3. The predicted molar refractivity (Wildman–Crippen MR) is 195 cm³/mol. The largest absolute Gasteiger partial charge is 0.458 e. The third kappa shape index (κ3) is 3.94. The van der Waals surface area contributed by atoms with E-state index in [4.69, 9.17) is 4.74 Å². The minimum Gasteiger partial charge on any atom is -0.458 e. The highest BCUT2D eigenvalue weighted by Gasteiger charge is 2.43. The number of rotatable bonds is 1. The normalized spacial score (nSPS) is 15.2. The highest BCUT2D eigenvalue weighted by Crippen LogP contribution is 2.45. The van der Waals surface area contributed by atoms with Crippen molar-refractivity contribution in [3.8, 4) is 11.5 Å². The van der Waals surface area contributed by atoms with E-state index in [0.29, 0.717) is 0 Å². The second kappa shape index (κ2) is 9.27. The van der Waals surface area contributed by atoms with E-state index in [-0.39, 0.29) is 17.5 Å². The maximum Gasteiger partial charge on any atom is 0.257 e. The van der Waals surface area contributed by atoms with Crippen LogP contribution in [0, 0.1) is 0 Å². The molecule has 0 saturated carbocycles. The van der Waals surface area contributed by atoms with Crippen molar-refractivity contribution in [2.75, 3.05) is 4.90 Å². The number of aryl methyl sites for hydroxylation is 2. The number of ether oxygens (including phenoxy) is 1. The lowest BCUT2D eigenvalue weighted by atomic mass is 9.33. The molecule has 45 heavy (non-hydrogen) atoms. The SMILES string of the molecule is CC(C)(C)c1ccc(N2c3ccc(C(C)(C)C)cc3B3c4c(cccc42)Oc2ccc4sc5c6c(ccc5c4c23)CCC6)cc1. The van der Waals surface area contributed by atoms with Gasteiger partial charge in [-0.3, -0.25) is 0 Å². The molecule has 2 aliphatic heterocycles. The van der Waals surface area contributed by atoms with Gasteiger partial charge < -0.3 is 9.64 Å². The lowest BCUT2D eigenvalue weighted by Gasteiger charge is -2.41. The Kier molecular flexibility index (Phi) is 5.62. The Hall–Kier alpha value is -4.02. The van der Waals surface area contributed by atoms with E-state index in [1.165, 1.54) is 89.6 Å². The fraction of sp³-hybridized carbons (Fsp3) is 0.268. The van der Waals surface area contributed by atoms with Gasteiger partial charge in [0.1, 0.15) is 11.5 Å². The third-order valence-corrected chi connectivity index (χ3v) is 11.6. The van der Waals surface area contributed by atoms with Gasteiger partial charge in [0.05, 0.1) is 0 Å². The molecule has 3 heterocycles. The quantitative estimate of drug-likeness (QED) is 0.173. The molecule has 0 radical (unpaired) electrons. The van der Waals surface area contributed by atoms with Crippen LogP contribution >= 0.6 is 11.3 Å². The standard InChI is InChI=1S/C41H38BNOS/c1-40(2,3)25-14-17-27(18-15-25)43-31-20-16-26(41(4,5)6)23-30(31)42-37-32(43)11-8-12-33(37)44-34-21-22-35-36(38(34)42)29-19-13-24-9-7-10-28(24)39(29)45-35/h8,11-23H,7,9-10H2,1-6H3. The molecule has 0 amide bonds. The molecule has 1 aromatic heterocycles. The molecule has 5 aromatic carbocycles. The number of benzene rings is 5. The van der Waals surface area contributed by atoms with Crippen molar-refractivity contribution in [1.82, 2.24) is 0 Å². The van der Waals surface area contributed by atoms with Crippen molar-refractivity contribution < 1.29 is 4.74 Å². The van der Waals surface area contributed by atoms with Gasteiger partial charge in [-0.05, 0) is 117 Å². The minimum absolute atomic E-state index is 0.0314. The lowest BCUT2D eigenvalue weighted by molar-refractivity contribution is 0.488. The van der Waals surface area contributed by atoms with Gasteiger partial charge in [0.2, 0.25) is 0 Å². The number of hydrogen-bond acceptors (Lipinski definition) is 3. The van der Waals surface area contributed by atoms with Gasteiger partial charge >= 0.3 is 0 Å². The Bertz CT molecular complexity index is 2200. The molecule has 0 bridgehead atoms. The number of hydrogen-bond donors (Lipinski definition) is 0. The molecule has 9 rings (SSSR count). The molecule has 0 atom stereocenters. The van der Waals surface area contributed by atoms with Crippen molar-refractivity contribution in [3.63, 3.8) is 0 Å². The molecule has 0 fully saturated rings. The number of thiophene rings is 1. The van der Waals surface area contributed by atoms with E-state index in [1.54, 1.807) is 5.56 Å². The molecule has 3 aliphatic rings. The van der Waals surface area contributed by atoms with E-state index in [1.807, 2.05) is 11.3 Å². The Balaban J connectivity index is 1.35. The summed E-state index contributed by atoms with van der Waals surface area (Å²) in [5, 5.41) is 2.77. The summed E-state index contributed by atoms with van der Waals surface area (Å²) in [5.41, 5.74) is 13.6. The van der Waals surface area contributed by atoms with Crippen LogP contribution < -0.4 is 26.0 Å². The van der Waals surface area contributed by atoms with Crippen LogP contribution in [0.2, 0.25) is 0 Å².